The molecule has 1 N–H and O–H groups in total. The highest BCUT2D eigenvalue weighted by Gasteiger charge is 2.16. The Kier molecular flexibility index (Phi) is 3.74. The lowest BCUT2D eigenvalue weighted by Crippen LogP contribution is -2.23. The van der Waals surface area contributed by atoms with Crippen molar-refractivity contribution < 1.29 is 4.79 Å². The molecule has 0 atom stereocenters. The lowest BCUT2D eigenvalue weighted by Gasteiger charge is -2.11. The fraction of sp³-hybridized carbons (Fsp3) is 0.333. The average Bonchev–Trinajstić information content (AvgIpc) is 2.89. The average molecular weight is 290 g/mol. The second-order valence-corrected chi connectivity index (χ2v) is 5.45. The first-order valence-electron chi connectivity index (χ1n) is 6.82. The van der Waals surface area contributed by atoms with Crippen molar-refractivity contribution in [2.75, 3.05) is 0 Å². The van der Waals surface area contributed by atoms with Gasteiger partial charge in [-0.1, -0.05) is 23.7 Å². The van der Waals surface area contributed by atoms with E-state index in [1.807, 2.05) is 35.0 Å². The van der Waals surface area contributed by atoms with Crippen molar-refractivity contribution in [3.8, 4) is 0 Å². The first-order chi connectivity index (χ1) is 9.72. The van der Waals surface area contributed by atoms with E-state index in [9.17, 15) is 4.79 Å². The molecule has 0 fully saturated rings. The monoisotopic (exact) mass is 289 g/mol. The third kappa shape index (κ3) is 2.85. The Labute approximate surface area is 122 Å². The van der Waals surface area contributed by atoms with Crippen LogP contribution in [-0.4, -0.2) is 15.7 Å². The molecule has 104 valence electrons. The van der Waals surface area contributed by atoms with Crippen LogP contribution in [0.15, 0.2) is 30.3 Å². The van der Waals surface area contributed by atoms with E-state index in [1.165, 1.54) is 6.42 Å². The second-order valence-electron chi connectivity index (χ2n) is 5.01. The van der Waals surface area contributed by atoms with Crippen molar-refractivity contribution >= 4 is 17.5 Å². The van der Waals surface area contributed by atoms with Crippen LogP contribution in [0, 0.1) is 0 Å². The summed E-state index contributed by atoms with van der Waals surface area (Å²) in [5.74, 6) is -0.133. The number of rotatable bonds is 3. The smallest absolute Gasteiger partial charge is 0.272 e. The van der Waals surface area contributed by atoms with E-state index in [4.69, 9.17) is 11.6 Å². The van der Waals surface area contributed by atoms with Crippen LogP contribution in [0.4, 0.5) is 0 Å². The van der Waals surface area contributed by atoms with Crippen molar-refractivity contribution in [1.29, 1.82) is 0 Å². The van der Waals surface area contributed by atoms with Gasteiger partial charge in [0.2, 0.25) is 0 Å². The number of nitrogens with zero attached hydrogens (tertiary/aromatic N) is 2. The molecule has 4 nitrogen and oxygen atoms in total. The maximum atomic E-state index is 12.1. The van der Waals surface area contributed by atoms with Gasteiger partial charge in [-0.05, 0) is 43.0 Å². The second kappa shape index (κ2) is 5.67. The molecule has 1 aromatic heterocycles. The van der Waals surface area contributed by atoms with Crippen LogP contribution in [0.25, 0.3) is 0 Å². The zero-order valence-corrected chi connectivity index (χ0v) is 11.9. The van der Waals surface area contributed by atoms with E-state index in [0.29, 0.717) is 17.3 Å². The van der Waals surface area contributed by atoms with Crippen LogP contribution in [0.1, 0.15) is 34.6 Å². The number of aromatic nitrogens is 2. The Balaban J connectivity index is 1.66. The Morgan fingerprint density at radius 3 is 3.05 bits per heavy atom. The van der Waals surface area contributed by atoms with Gasteiger partial charge in [0.05, 0.1) is 0 Å². The van der Waals surface area contributed by atoms with Gasteiger partial charge in [-0.15, -0.1) is 0 Å². The molecule has 5 heteroatoms. The number of halogens is 1. The van der Waals surface area contributed by atoms with Crippen LogP contribution in [0.3, 0.4) is 0 Å². The highest BCUT2D eigenvalue weighted by molar-refractivity contribution is 6.30. The van der Waals surface area contributed by atoms with Crippen molar-refractivity contribution in [2.45, 2.75) is 32.4 Å². The highest BCUT2D eigenvalue weighted by Crippen LogP contribution is 2.15. The molecule has 1 amide bonds. The van der Waals surface area contributed by atoms with Gasteiger partial charge in [-0.3, -0.25) is 9.48 Å². The number of benzene rings is 1. The Morgan fingerprint density at radius 1 is 1.35 bits per heavy atom. The van der Waals surface area contributed by atoms with Crippen molar-refractivity contribution in [2.24, 2.45) is 0 Å². The number of nitrogens with one attached hydrogen (secondary N) is 1. The zero-order chi connectivity index (χ0) is 13.9. The number of aryl methyl sites for hydroxylation is 2. The topological polar surface area (TPSA) is 46.9 Å². The Hall–Kier alpha value is -1.81. The largest absolute Gasteiger partial charge is 0.347 e. The lowest BCUT2D eigenvalue weighted by atomic mass is 10.1. The van der Waals surface area contributed by atoms with Gasteiger partial charge < -0.3 is 5.32 Å². The third-order valence-corrected chi connectivity index (χ3v) is 3.73. The van der Waals surface area contributed by atoms with Crippen molar-refractivity contribution in [3.63, 3.8) is 0 Å². The molecule has 2 aromatic rings. The molecular weight excluding hydrogens is 274 g/mol. The minimum Gasteiger partial charge on any atom is -0.347 e. The van der Waals surface area contributed by atoms with Gasteiger partial charge in [0.25, 0.3) is 5.91 Å². The molecule has 2 heterocycles. The lowest BCUT2D eigenvalue weighted by molar-refractivity contribution is 0.0945. The van der Waals surface area contributed by atoms with E-state index in [0.717, 1.165) is 30.6 Å². The van der Waals surface area contributed by atoms with Crippen LogP contribution in [0.5, 0.6) is 0 Å². The Bertz CT molecular complexity index is 612. The number of hydrogen-bond donors (Lipinski definition) is 1. The summed E-state index contributed by atoms with van der Waals surface area (Å²) in [7, 11) is 0. The molecule has 0 saturated carbocycles. The summed E-state index contributed by atoms with van der Waals surface area (Å²) < 4.78 is 1.94. The van der Waals surface area contributed by atoms with Crippen molar-refractivity contribution in [1.82, 2.24) is 15.1 Å². The zero-order valence-electron chi connectivity index (χ0n) is 11.1. The number of carbonyl (C=O) groups is 1. The number of amides is 1. The summed E-state index contributed by atoms with van der Waals surface area (Å²) in [6, 6.07) is 9.37. The molecule has 1 aliphatic rings. The van der Waals surface area contributed by atoms with Crippen LogP contribution >= 0.6 is 11.6 Å². The van der Waals surface area contributed by atoms with Gasteiger partial charge in [0.15, 0.2) is 0 Å². The molecule has 0 aliphatic carbocycles. The quantitative estimate of drug-likeness (QED) is 0.944. The first kappa shape index (κ1) is 13.2. The SMILES string of the molecule is O=C(NCc1cccc(Cl)c1)c1cc2n(n1)CCCC2. The van der Waals surface area contributed by atoms with Gasteiger partial charge in [-0.2, -0.15) is 5.10 Å². The summed E-state index contributed by atoms with van der Waals surface area (Å²) in [5, 5.41) is 7.91. The molecule has 0 unspecified atom stereocenters. The normalized spacial score (nSPS) is 13.8. The molecule has 1 aromatic carbocycles. The van der Waals surface area contributed by atoms with Crippen LogP contribution < -0.4 is 5.32 Å². The van der Waals surface area contributed by atoms with Crippen LogP contribution in [-0.2, 0) is 19.5 Å². The summed E-state index contributed by atoms with van der Waals surface area (Å²) in [6.45, 7) is 1.37. The summed E-state index contributed by atoms with van der Waals surface area (Å²) in [4.78, 5) is 12.1. The minimum atomic E-state index is -0.133. The minimum absolute atomic E-state index is 0.133. The molecule has 0 bridgehead atoms. The predicted molar refractivity (Wildman–Crippen MR) is 77.8 cm³/mol. The summed E-state index contributed by atoms with van der Waals surface area (Å²) >= 11 is 5.92. The number of fused-ring (bicyclic) bond motifs is 1. The van der Waals surface area contributed by atoms with Crippen molar-refractivity contribution in [3.05, 3.63) is 52.3 Å². The Morgan fingerprint density at radius 2 is 2.25 bits per heavy atom. The standard InChI is InChI=1S/C15H16ClN3O/c16-12-5-3-4-11(8-12)10-17-15(20)14-9-13-6-1-2-7-19(13)18-14/h3-5,8-9H,1-2,6-7,10H2,(H,17,20). The number of hydrogen-bond acceptors (Lipinski definition) is 2. The van der Waals surface area contributed by atoms with Gasteiger partial charge in [-0.25, -0.2) is 0 Å². The third-order valence-electron chi connectivity index (χ3n) is 3.49. The van der Waals surface area contributed by atoms with Gasteiger partial charge in [0.1, 0.15) is 5.69 Å². The van der Waals surface area contributed by atoms with E-state index >= 15 is 0 Å². The van der Waals surface area contributed by atoms with E-state index in [2.05, 4.69) is 10.4 Å². The first-order valence-corrected chi connectivity index (χ1v) is 7.19. The molecular formula is C15H16ClN3O. The molecule has 1 aliphatic heterocycles. The van der Waals surface area contributed by atoms with Gasteiger partial charge in [0, 0.05) is 23.8 Å². The van der Waals surface area contributed by atoms with Crippen LogP contribution in [0.2, 0.25) is 5.02 Å². The fourth-order valence-corrected chi connectivity index (χ4v) is 2.66. The maximum Gasteiger partial charge on any atom is 0.272 e. The van der Waals surface area contributed by atoms with Gasteiger partial charge >= 0.3 is 0 Å². The predicted octanol–water partition coefficient (Wildman–Crippen LogP) is 2.80. The molecule has 0 saturated heterocycles. The van der Waals surface area contributed by atoms with E-state index < -0.39 is 0 Å². The molecule has 3 rings (SSSR count). The van der Waals surface area contributed by atoms with E-state index in [1.54, 1.807) is 0 Å². The highest BCUT2D eigenvalue weighted by atomic mass is 35.5. The summed E-state index contributed by atoms with van der Waals surface area (Å²) in [5.41, 5.74) is 2.64. The fourth-order valence-electron chi connectivity index (χ4n) is 2.45. The summed E-state index contributed by atoms with van der Waals surface area (Å²) in [6.07, 6.45) is 3.32. The molecule has 20 heavy (non-hydrogen) atoms. The molecule has 0 spiro atoms. The molecule has 0 radical (unpaired) electrons. The maximum absolute atomic E-state index is 12.1. The number of carbonyl (C=O) groups excluding carboxylic acids is 1. The van der Waals surface area contributed by atoms with E-state index in [-0.39, 0.29) is 5.91 Å².